The zero-order valence-electron chi connectivity index (χ0n) is 21.2. The first-order valence-electron chi connectivity index (χ1n) is 13.9. The van der Waals surface area contributed by atoms with E-state index >= 15 is 0 Å². The lowest BCUT2D eigenvalue weighted by Crippen LogP contribution is -2.54. The quantitative estimate of drug-likeness (QED) is 0.404. The summed E-state index contributed by atoms with van der Waals surface area (Å²) in [6, 6.07) is 0. The third-order valence-corrected chi connectivity index (χ3v) is 11.2. The largest absolute Gasteiger partial charge is 0.378 e. The van der Waals surface area contributed by atoms with Crippen LogP contribution in [0.3, 0.4) is 0 Å². The van der Waals surface area contributed by atoms with Crippen LogP contribution < -0.4 is 0 Å². The molecule has 0 bridgehead atoms. The van der Waals surface area contributed by atoms with Gasteiger partial charge in [0.15, 0.2) is 0 Å². The van der Waals surface area contributed by atoms with Gasteiger partial charge in [0.1, 0.15) is 0 Å². The molecule has 4 aliphatic rings. The SMILES string of the molecule is CCOC1CC[C@@]2(C)C(CC[C@H]3[C@@H]4CC[C@H]([C@H](C)CCCC(C)C)[C@@]4(C)CC[C@@H]32)C1. The second kappa shape index (κ2) is 9.07. The summed E-state index contributed by atoms with van der Waals surface area (Å²) in [6.45, 7) is 15.9. The molecule has 1 nitrogen and oxygen atoms in total. The normalized spacial score (nSPS) is 46.9. The van der Waals surface area contributed by atoms with Crippen LogP contribution in [0.2, 0.25) is 0 Å². The van der Waals surface area contributed by atoms with E-state index in [2.05, 4.69) is 41.5 Å². The molecule has 4 fully saturated rings. The van der Waals surface area contributed by atoms with E-state index in [1.54, 1.807) is 6.42 Å². The fraction of sp³-hybridized carbons (Fsp3) is 1.00. The summed E-state index contributed by atoms with van der Waals surface area (Å²) < 4.78 is 6.09. The highest BCUT2D eigenvalue weighted by atomic mass is 16.5. The molecule has 0 radical (unpaired) electrons. The summed E-state index contributed by atoms with van der Waals surface area (Å²) in [5.74, 6) is 6.79. The minimum absolute atomic E-state index is 0.557. The summed E-state index contributed by atoms with van der Waals surface area (Å²) in [7, 11) is 0. The summed E-state index contributed by atoms with van der Waals surface area (Å²) in [5.41, 5.74) is 1.25. The Morgan fingerprint density at radius 1 is 0.833 bits per heavy atom. The Labute approximate surface area is 188 Å². The second-order valence-electron chi connectivity index (χ2n) is 13.0. The van der Waals surface area contributed by atoms with Crippen LogP contribution >= 0.6 is 0 Å². The Hall–Kier alpha value is -0.0400. The summed E-state index contributed by atoms with van der Waals surface area (Å²) in [4.78, 5) is 0. The molecule has 174 valence electrons. The van der Waals surface area contributed by atoms with Gasteiger partial charge in [-0.15, -0.1) is 0 Å². The van der Waals surface area contributed by atoms with Crippen molar-refractivity contribution in [1.29, 1.82) is 0 Å². The number of rotatable bonds is 7. The topological polar surface area (TPSA) is 9.23 Å². The van der Waals surface area contributed by atoms with Crippen LogP contribution in [-0.4, -0.2) is 12.7 Å². The Morgan fingerprint density at radius 2 is 1.57 bits per heavy atom. The van der Waals surface area contributed by atoms with Crippen LogP contribution in [0.5, 0.6) is 0 Å². The molecule has 0 saturated heterocycles. The molecule has 1 heteroatoms. The molecule has 4 aliphatic carbocycles. The molecule has 0 aromatic heterocycles. The standard InChI is InChI=1S/C29H52O/c1-7-30-23-15-17-28(5)22(19-23)11-12-24-26-14-13-25(21(4)10-8-9-20(2)3)29(26,6)18-16-27(24)28/h20-27H,7-19H2,1-6H3/t21-,22?,23?,24+,25-,26+,27+,28+,29-/m1/s1. The Balaban J connectivity index is 1.43. The predicted molar refractivity (Wildman–Crippen MR) is 128 cm³/mol. The molecular formula is C29H52O. The van der Waals surface area contributed by atoms with Crippen molar-refractivity contribution >= 4 is 0 Å². The van der Waals surface area contributed by atoms with Gasteiger partial charge >= 0.3 is 0 Å². The fourth-order valence-corrected chi connectivity index (χ4v) is 9.63. The zero-order valence-corrected chi connectivity index (χ0v) is 21.2. The van der Waals surface area contributed by atoms with Crippen molar-refractivity contribution in [1.82, 2.24) is 0 Å². The van der Waals surface area contributed by atoms with E-state index in [0.29, 0.717) is 16.9 Å². The van der Waals surface area contributed by atoms with E-state index in [4.69, 9.17) is 4.74 Å². The van der Waals surface area contributed by atoms with Crippen molar-refractivity contribution in [3.05, 3.63) is 0 Å². The second-order valence-corrected chi connectivity index (χ2v) is 13.0. The van der Waals surface area contributed by atoms with Gasteiger partial charge in [-0.05, 0) is 117 Å². The minimum Gasteiger partial charge on any atom is -0.378 e. The lowest BCUT2D eigenvalue weighted by molar-refractivity contribution is -0.136. The third kappa shape index (κ3) is 4.04. The molecule has 0 spiro atoms. The molecule has 0 N–H and O–H groups in total. The maximum atomic E-state index is 6.09. The van der Waals surface area contributed by atoms with Gasteiger partial charge < -0.3 is 4.74 Å². The molecule has 4 saturated carbocycles. The van der Waals surface area contributed by atoms with E-state index in [1.807, 2.05) is 0 Å². The lowest BCUT2D eigenvalue weighted by atomic mass is 9.44. The third-order valence-electron chi connectivity index (χ3n) is 11.2. The van der Waals surface area contributed by atoms with Crippen LogP contribution in [0.15, 0.2) is 0 Å². The Kier molecular flexibility index (Phi) is 6.99. The molecule has 4 rings (SSSR count). The Bertz CT molecular complexity index is 569. The number of ether oxygens (including phenoxy) is 1. The van der Waals surface area contributed by atoms with Gasteiger partial charge in [-0.1, -0.05) is 53.9 Å². The maximum Gasteiger partial charge on any atom is 0.0578 e. The highest BCUT2D eigenvalue weighted by molar-refractivity contribution is 5.09. The van der Waals surface area contributed by atoms with E-state index in [1.165, 1.54) is 70.6 Å². The van der Waals surface area contributed by atoms with E-state index in [-0.39, 0.29) is 0 Å². The molecule has 0 aromatic carbocycles. The maximum absolute atomic E-state index is 6.09. The van der Waals surface area contributed by atoms with Crippen molar-refractivity contribution in [2.75, 3.05) is 6.61 Å². The monoisotopic (exact) mass is 416 g/mol. The number of hydrogen-bond acceptors (Lipinski definition) is 1. The molecule has 2 unspecified atom stereocenters. The van der Waals surface area contributed by atoms with Crippen molar-refractivity contribution in [2.24, 2.45) is 52.3 Å². The highest BCUT2D eigenvalue weighted by Crippen LogP contribution is 2.68. The van der Waals surface area contributed by atoms with Crippen molar-refractivity contribution < 1.29 is 4.74 Å². The molecular weight excluding hydrogens is 364 g/mol. The van der Waals surface area contributed by atoms with Gasteiger partial charge in [0.05, 0.1) is 6.10 Å². The smallest absolute Gasteiger partial charge is 0.0578 e. The van der Waals surface area contributed by atoms with Crippen molar-refractivity contribution in [3.63, 3.8) is 0 Å². The fourth-order valence-electron chi connectivity index (χ4n) is 9.63. The molecule has 0 aromatic rings. The average molecular weight is 417 g/mol. The minimum atomic E-state index is 0.557. The van der Waals surface area contributed by atoms with E-state index in [0.717, 1.165) is 48.0 Å². The average Bonchev–Trinajstić information content (AvgIpc) is 3.05. The van der Waals surface area contributed by atoms with Gasteiger partial charge in [0.2, 0.25) is 0 Å². The molecule has 0 heterocycles. The first-order valence-corrected chi connectivity index (χ1v) is 13.9. The number of hydrogen-bond donors (Lipinski definition) is 0. The summed E-state index contributed by atoms with van der Waals surface area (Å²) in [5, 5.41) is 0. The van der Waals surface area contributed by atoms with Gasteiger partial charge in [-0.3, -0.25) is 0 Å². The van der Waals surface area contributed by atoms with Gasteiger partial charge in [-0.25, -0.2) is 0 Å². The van der Waals surface area contributed by atoms with Crippen molar-refractivity contribution in [2.45, 2.75) is 125 Å². The van der Waals surface area contributed by atoms with Crippen molar-refractivity contribution in [3.8, 4) is 0 Å². The molecule has 9 atom stereocenters. The predicted octanol–water partition coefficient (Wildman–Crippen LogP) is 8.51. The van der Waals surface area contributed by atoms with Crippen LogP contribution in [0.25, 0.3) is 0 Å². The van der Waals surface area contributed by atoms with E-state index < -0.39 is 0 Å². The molecule has 0 aliphatic heterocycles. The van der Waals surface area contributed by atoms with E-state index in [9.17, 15) is 0 Å². The zero-order chi connectivity index (χ0) is 21.5. The lowest BCUT2D eigenvalue weighted by Gasteiger charge is -2.61. The van der Waals surface area contributed by atoms with Crippen LogP contribution in [0.4, 0.5) is 0 Å². The Morgan fingerprint density at radius 3 is 2.30 bits per heavy atom. The van der Waals surface area contributed by atoms with Crippen LogP contribution in [-0.2, 0) is 4.74 Å². The first-order chi connectivity index (χ1) is 14.3. The summed E-state index contributed by atoms with van der Waals surface area (Å²) in [6.07, 6.45) is 18.1. The number of fused-ring (bicyclic) bond motifs is 5. The van der Waals surface area contributed by atoms with Crippen LogP contribution in [0, 0.1) is 52.3 Å². The van der Waals surface area contributed by atoms with Gasteiger partial charge in [-0.2, -0.15) is 0 Å². The molecule has 0 amide bonds. The molecule has 30 heavy (non-hydrogen) atoms. The van der Waals surface area contributed by atoms with Gasteiger partial charge in [0.25, 0.3) is 0 Å². The van der Waals surface area contributed by atoms with Gasteiger partial charge in [0, 0.05) is 6.61 Å². The highest BCUT2D eigenvalue weighted by Gasteiger charge is 2.60. The van der Waals surface area contributed by atoms with Crippen LogP contribution in [0.1, 0.15) is 119 Å². The summed E-state index contributed by atoms with van der Waals surface area (Å²) >= 11 is 0. The first kappa shape index (κ1) is 23.1.